The summed E-state index contributed by atoms with van der Waals surface area (Å²) < 4.78 is 23.0. The fraction of sp³-hybridized carbons (Fsp3) is 0.417. The molecule has 1 atom stereocenters. The molecule has 1 aromatic carbocycles. The van der Waals surface area contributed by atoms with Crippen LogP contribution in [0.25, 0.3) is 0 Å². The molecular formula is C12H16ClNO5S. The van der Waals surface area contributed by atoms with Gasteiger partial charge < -0.3 is 15.5 Å². The number of nitrogens with one attached hydrogen (secondary N) is 1. The van der Waals surface area contributed by atoms with Crippen molar-refractivity contribution < 1.29 is 23.4 Å². The van der Waals surface area contributed by atoms with Crippen LogP contribution in [-0.4, -0.2) is 49.5 Å². The van der Waals surface area contributed by atoms with E-state index in [0.717, 1.165) is 6.26 Å². The summed E-state index contributed by atoms with van der Waals surface area (Å²) >= 11 is 5.77. The number of carbonyl (C=O) groups is 1. The van der Waals surface area contributed by atoms with Gasteiger partial charge in [-0.15, -0.1) is 0 Å². The van der Waals surface area contributed by atoms with Crippen molar-refractivity contribution in [3.8, 4) is 0 Å². The number of amides is 1. The Morgan fingerprint density at radius 3 is 2.55 bits per heavy atom. The average Bonchev–Trinajstić information content (AvgIpc) is 2.35. The second-order valence-electron chi connectivity index (χ2n) is 4.76. The lowest BCUT2D eigenvalue weighted by Crippen LogP contribution is -2.43. The molecule has 20 heavy (non-hydrogen) atoms. The number of halogens is 1. The van der Waals surface area contributed by atoms with Crippen molar-refractivity contribution in [2.45, 2.75) is 17.4 Å². The van der Waals surface area contributed by atoms with Crippen molar-refractivity contribution >= 4 is 27.3 Å². The Morgan fingerprint density at radius 1 is 1.45 bits per heavy atom. The maximum Gasteiger partial charge on any atom is 0.251 e. The Labute approximate surface area is 122 Å². The fourth-order valence-electron chi connectivity index (χ4n) is 1.36. The number of benzene rings is 1. The number of aliphatic hydroxyl groups is 2. The Bertz CT molecular complexity index is 612. The highest BCUT2D eigenvalue weighted by atomic mass is 35.5. The second kappa shape index (κ2) is 6.09. The van der Waals surface area contributed by atoms with Crippen molar-refractivity contribution in [1.82, 2.24) is 5.32 Å². The second-order valence-corrected chi connectivity index (χ2v) is 7.15. The van der Waals surface area contributed by atoms with Gasteiger partial charge in [0.15, 0.2) is 9.84 Å². The zero-order valence-corrected chi connectivity index (χ0v) is 12.6. The molecular weight excluding hydrogens is 306 g/mol. The SMILES string of the molecule is CC(O)(CO)CNC(=O)c1ccc(Cl)c(S(C)(=O)=O)c1. The number of sulfone groups is 1. The molecule has 112 valence electrons. The highest BCUT2D eigenvalue weighted by Gasteiger charge is 2.21. The lowest BCUT2D eigenvalue weighted by Gasteiger charge is -2.20. The van der Waals surface area contributed by atoms with Gasteiger partial charge in [-0.1, -0.05) is 11.6 Å². The summed E-state index contributed by atoms with van der Waals surface area (Å²) in [4.78, 5) is 11.7. The molecule has 0 spiro atoms. The van der Waals surface area contributed by atoms with Crippen molar-refractivity contribution in [2.75, 3.05) is 19.4 Å². The summed E-state index contributed by atoms with van der Waals surface area (Å²) in [7, 11) is -3.54. The van der Waals surface area contributed by atoms with Crippen molar-refractivity contribution in [2.24, 2.45) is 0 Å². The number of carbonyl (C=O) groups excluding carboxylic acids is 1. The Hall–Kier alpha value is -1.15. The van der Waals surface area contributed by atoms with E-state index < -0.39 is 28.0 Å². The molecule has 1 rings (SSSR count). The Kier molecular flexibility index (Phi) is 5.15. The first-order valence-electron chi connectivity index (χ1n) is 5.68. The lowest BCUT2D eigenvalue weighted by atomic mass is 10.1. The van der Waals surface area contributed by atoms with Gasteiger partial charge in [0.25, 0.3) is 5.91 Å². The molecule has 1 aromatic rings. The van der Waals surface area contributed by atoms with Crippen LogP contribution in [-0.2, 0) is 9.84 Å². The van der Waals surface area contributed by atoms with Gasteiger partial charge >= 0.3 is 0 Å². The minimum absolute atomic E-state index is 0.0337. The number of hydrogen-bond donors (Lipinski definition) is 3. The van der Waals surface area contributed by atoms with Crippen LogP contribution in [0.4, 0.5) is 0 Å². The summed E-state index contributed by atoms with van der Waals surface area (Å²) in [6, 6.07) is 3.86. The standard InChI is InChI=1S/C12H16ClNO5S/c1-12(17,7-15)6-14-11(16)8-3-4-9(13)10(5-8)20(2,18)19/h3-5,15,17H,6-7H2,1-2H3,(H,14,16). The third-order valence-corrected chi connectivity index (χ3v) is 4.14. The molecule has 0 heterocycles. The molecule has 8 heteroatoms. The quantitative estimate of drug-likeness (QED) is 0.719. The van der Waals surface area contributed by atoms with Crippen molar-refractivity contribution in [1.29, 1.82) is 0 Å². The molecule has 0 saturated carbocycles. The maximum atomic E-state index is 11.9. The molecule has 0 aromatic heterocycles. The van der Waals surface area contributed by atoms with E-state index >= 15 is 0 Å². The predicted octanol–water partition coefficient (Wildman–Crippen LogP) is 0.217. The van der Waals surface area contributed by atoms with Crippen LogP contribution in [0.2, 0.25) is 5.02 Å². The van der Waals surface area contributed by atoms with Crippen LogP contribution >= 0.6 is 11.6 Å². The third kappa shape index (κ3) is 4.45. The number of hydrogen-bond acceptors (Lipinski definition) is 5. The molecule has 3 N–H and O–H groups in total. The van der Waals surface area contributed by atoms with E-state index in [-0.39, 0.29) is 22.0 Å². The summed E-state index contributed by atoms with van der Waals surface area (Å²) in [6.45, 7) is 0.679. The van der Waals surface area contributed by atoms with Gasteiger partial charge in [0, 0.05) is 18.4 Å². The molecule has 0 saturated heterocycles. The minimum atomic E-state index is -3.54. The van der Waals surface area contributed by atoms with E-state index in [0.29, 0.717) is 0 Å². The molecule has 1 unspecified atom stereocenters. The molecule has 0 aliphatic rings. The summed E-state index contributed by atoms with van der Waals surface area (Å²) in [5.41, 5.74) is -1.34. The molecule has 0 radical (unpaired) electrons. The monoisotopic (exact) mass is 321 g/mol. The van der Waals surface area contributed by atoms with E-state index in [9.17, 15) is 18.3 Å². The van der Waals surface area contributed by atoms with Gasteiger partial charge in [-0.05, 0) is 25.1 Å². The largest absolute Gasteiger partial charge is 0.393 e. The highest BCUT2D eigenvalue weighted by Crippen LogP contribution is 2.22. The van der Waals surface area contributed by atoms with Crippen molar-refractivity contribution in [3.05, 3.63) is 28.8 Å². The van der Waals surface area contributed by atoms with Crippen molar-refractivity contribution in [3.63, 3.8) is 0 Å². The van der Waals surface area contributed by atoms with Crippen LogP contribution in [0.5, 0.6) is 0 Å². The van der Waals surface area contributed by atoms with Gasteiger partial charge in [-0.2, -0.15) is 0 Å². The molecule has 1 amide bonds. The van der Waals surface area contributed by atoms with E-state index in [1.807, 2.05) is 0 Å². The number of aliphatic hydroxyl groups excluding tert-OH is 1. The Morgan fingerprint density at radius 2 is 2.05 bits per heavy atom. The first kappa shape index (κ1) is 16.9. The first-order valence-corrected chi connectivity index (χ1v) is 7.95. The topological polar surface area (TPSA) is 104 Å². The van der Waals surface area contributed by atoms with Crippen LogP contribution in [0, 0.1) is 0 Å². The third-order valence-electron chi connectivity index (χ3n) is 2.56. The maximum absolute atomic E-state index is 11.9. The molecule has 0 bridgehead atoms. The van der Waals surface area contributed by atoms with Gasteiger partial charge in [0.1, 0.15) is 5.60 Å². The smallest absolute Gasteiger partial charge is 0.251 e. The average molecular weight is 322 g/mol. The van der Waals surface area contributed by atoms with Crippen LogP contribution in [0.3, 0.4) is 0 Å². The Balaban J connectivity index is 2.96. The first-order chi connectivity index (χ1) is 9.07. The van der Waals surface area contributed by atoms with Gasteiger partial charge in [-0.3, -0.25) is 4.79 Å². The van der Waals surface area contributed by atoms with Gasteiger partial charge in [0.2, 0.25) is 0 Å². The van der Waals surface area contributed by atoms with Crippen LogP contribution in [0.1, 0.15) is 17.3 Å². The van der Waals surface area contributed by atoms with E-state index in [1.165, 1.54) is 25.1 Å². The lowest BCUT2D eigenvalue weighted by molar-refractivity contribution is 0.00320. The predicted molar refractivity (Wildman–Crippen MR) is 74.6 cm³/mol. The normalized spacial score (nSPS) is 14.7. The van der Waals surface area contributed by atoms with Crippen LogP contribution in [0.15, 0.2) is 23.1 Å². The zero-order valence-electron chi connectivity index (χ0n) is 11.1. The molecule has 6 nitrogen and oxygen atoms in total. The van der Waals surface area contributed by atoms with E-state index in [1.54, 1.807) is 0 Å². The van der Waals surface area contributed by atoms with E-state index in [4.69, 9.17) is 16.7 Å². The summed E-state index contributed by atoms with van der Waals surface area (Å²) in [6.07, 6.45) is 0.993. The molecule has 0 aliphatic carbocycles. The number of rotatable bonds is 5. The molecule has 0 aliphatic heterocycles. The zero-order chi connectivity index (χ0) is 15.6. The fourth-order valence-corrected chi connectivity index (χ4v) is 2.66. The summed E-state index contributed by atoms with van der Waals surface area (Å²) in [5.74, 6) is -0.569. The molecule has 0 fully saturated rings. The van der Waals surface area contributed by atoms with Gasteiger partial charge in [0.05, 0.1) is 16.5 Å². The van der Waals surface area contributed by atoms with E-state index in [2.05, 4.69) is 5.32 Å². The van der Waals surface area contributed by atoms with Gasteiger partial charge in [-0.25, -0.2) is 8.42 Å². The van der Waals surface area contributed by atoms with Crippen LogP contribution < -0.4 is 5.32 Å². The minimum Gasteiger partial charge on any atom is -0.393 e. The highest BCUT2D eigenvalue weighted by molar-refractivity contribution is 7.90. The summed E-state index contributed by atoms with van der Waals surface area (Å²) in [5, 5.41) is 20.9.